The Morgan fingerprint density at radius 2 is 2.17 bits per heavy atom. The molecule has 1 aromatic heterocycles. The Labute approximate surface area is 108 Å². The molecule has 1 aliphatic heterocycles. The highest BCUT2D eigenvalue weighted by Crippen LogP contribution is 2.26. The van der Waals surface area contributed by atoms with Gasteiger partial charge in [-0.3, -0.25) is 4.98 Å². The number of nitrogens with zero attached hydrogens (tertiary/aromatic N) is 2. The molecule has 2 aromatic rings. The monoisotopic (exact) mass is 241 g/mol. The number of hydrogen-bond donors (Lipinski definition) is 1. The summed E-state index contributed by atoms with van der Waals surface area (Å²) in [7, 11) is 0. The van der Waals surface area contributed by atoms with Gasteiger partial charge in [0.15, 0.2) is 0 Å². The second kappa shape index (κ2) is 4.58. The Hall–Kier alpha value is -1.61. The van der Waals surface area contributed by atoms with Crippen molar-refractivity contribution in [1.29, 1.82) is 0 Å². The van der Waals surface area contributed by atoms with E-state index in [1.165, 1.54) is 11.1 Å². The fourth-order valence-electron chi connectivity index (χ4n) is 2.67. The van der Waals surface area contributed by atoms with E-state index in [4.69, 9.17) is 0 Å². The zero-order valence-electron chi connectivity index (χ0n) is 11.0. The molecular formula is C15H19N3. The molecule has 2 heterocycles. The van der Waals surface area contributed by atoms with E-state index in [0.29, 0.717) is 6.04 Å². The minimum absolute atomic E-state index is 0.549. The van der Waals surface area contributed by atoms with E-state index < -0.39 is 0 Å². The number of aryl methyl sites for hydroxylation is 1. The third-order valence-electron chi connectivity index (χ3n) is 3.56. The van der Waals surface area contributed by atoms with Crippen molar-refractivity contribution in [3.05, 3.63) is 36.0 Å². The maximum Gasteiger partial charge on any atom is 0.0726 e. The summed E-state index contributed by atoms with van der Waals surface area (Å²) in [5.41, 5.74) is 3.49. The predicted octanol–water partition coefficient (Wildman–Crippen LogP) is 2.34. The molecule has 0 aliphatic carbocycles. The lowest BCUT2D eigenvalue weighted by Crippen LogP contribution is -2.49. The minimum Gasteiger partial charge on any atom is -0.368 e. The van der Waals surface area contributed by atoms with Crippen molar-refractivity contribution >= 4 is 16.6 Å². The van der Waals surface area contributed by atoms with Gasteiger partial charge in [0, 0.05) is 42.4 Å². The first-order chi connectivity index (χ1) is 8.74. The molecule has 0 radical (unpaired) electrons. The maximum atomic E-state index is 4.61. The Bertz CT molecular complexity index is 565. The highest BCUT2D eigenvalue weighted by Gasteiger charge is 2.17. The van der Waals surface area contributed by atoms with E-state index >= 15 is 0 Å². The molecule has 3 heteroatoms. The topological polar surface area (TPSA) is 28.2 Å². The van der Waals surface area contributed by atoms with Crippen LogP contribution in [-0.2, 0) is 0 Å². The second-order valence-corrected chi connectivity index (χ2v) is 5.10. The Kier molecular flexibility index (Phi) is 2.92. The van der Waals surface area contributed by atoms with E-state index in [0.717, 1.165) is 30.8 Å². The fourth-order valence-corrected chi connectivity index (χ4v) is 2.67. The quantitative estimate of drug-likeness (QED) is 0.830. The first-order valence-electron chi connectivity index (χ1n) is 6.59. The summed E-state index contributed by atoms with van der Waals surface area (Å²) in [6, 6.07) is 11.2. The average molecular weight is 241 g/mol. The van der Waals surface area contributed by atoms with Gasteiger partial charge in [-0.05, 0) is 38.1 Å². The standard InChI is InChI=1S/C15H19N3/c1-11-6-7-13-14(17-11)4-3-5-15(13)18-9-8-16-12(2)10-18/h3-7,12,16H,8-10H2,1-2H3. The zero-order valence-corrected chi connectivity index (χ0v) is 11.0. The molecule has 3 rings (SSSR count). The molecule has 1 unspecified atom stereocenters. The van der Waals surface area contributed by atoms with Crippen LogP contribution in [0.25, 0.3) is 10.9 Å². The lowest BCUT2D eigenvalue weighted by Gasteiger charge is -2.34. The molecular weight excluding hydrogens is 222 g/mol. The molecule has 1 aliphatic rings. The van der Waals surface area contributed by atoms with Crippen LogP contribution >= 0.6 is 0 Å². The molecule has 1 aromatic carbocycles. The summed E-state index contributed by atoms with van der Waals surface area (Å²) in [6.07, 6.45) is 0. The van der Waals surface area contributed by atoms with E-state index in [2.05, 4.69) is 52.5 Å². The molecule has 18 heavy (non-hydrogen) atoms. The van der Waals surface area contributed by atoms with Crippen LogP contribution < -0.4 is 10.2 Å². The van der Waals surface area contributed by atoms with Crippen molar-refractivity contribution in [2.24, 2.45) is 0 Å². The van der Waals surface area contributed by atoms with Crippen molar-refractivity contribution in [3.8, 4) is 0 Å². The van der Waals surface area contributed by atoms with Crippen LogP contribution in [0, 0.1) is 6.92 Å². The van der Waals surface area contributed by atoms with Crippen LogP contribution in [0.5, 0.6) is 0 Å². The van der Waals surface area contributed by atoms with E-state index in [-0.39, 0.29) is 0 Å². The number of pyridine rings is 1. The molecule has 1 saturated heterocycles. The molecule has 0 spiro atoms. The number of benzene rings is 1. The van der Waals surface area contributed by atoms with Gasteiger partial charge in [-0.25, -0.2) is 0 Å². The molecule has 94 valence electrons. The molecule has 0 saturated carbocycles. The largest absolute Gasteiger partial charge is 0.368 e. The van der Waals surface area contributed by atoms with Crippen molar-refractivity contribution in [2.75, 3.05) is 24.5 Å². The number of fused-ring (bicyclic) bond motifs is 1. The highest BCUT2D eigenvalue weighted by molar-refractivity contribution is 5.92. The third kappa shape index (κ3) is 2.06. The number of nitrogens with one attached hydrogen (secondary N) is 1. The average Bonchev–Trinajstić information content (AvgIpc) is 2.37. The van der Waals surface area contributed by atoms with Crippen molar-refractivity contribution in [1.82, 2.24) is 10.3 Å². The van der Waals surface area contributed by atoms with Gasteiger partial charge in [0.2, 0.25) is 0 Å². The highest BCUT2D eigenvalue weighted by atomic mass is 15.2. The van der Waals surface area contributed by atoms with Gasteiger partial charge in [-0.15, -0.1) is 0 Å². The Balaban J connectivity index is 2.05. The van der Waals surface area contributed by atoms with Gasteiger partial charge in [0.1, 0.15) is 0 Å². The van der Waals surface area contributed by atoms with Crippen molar-refractivity contribution in [3.63, 3.8) is 0 Å². The summed E-state index contributed by atoms with van der Waals surface area (Å²) < 4.78 is 0. The summed E-state index contributed by atoms with van der Waals surface area (Å²) in [4.78, 5) is 7.07. The summed E-state index contributed by atoms with van der Waals surface area (Å²) in [6.45, 7) is 7.46. The smallest absolute Gasteiger partial charge is 0.0726 e. The number of anilines is 1. The normalized spacial score (nSPS) is 20.3. The Morgan fingerprint density at radius 1 is 1.28 bits per heavy atom. The Morgan fingerprint density at radius 3 is 3.00 bits per heavy atom. The first kappa shape index (κ1) is 11.5. The van der Waals surface area contributed by atoms with Gasteiger partial charge >= 0.3 is 0 Å². The summed E-state index contributed by atoms with van der Waals surface area (Å²) in [5, 5.41) is 4.74. The molecule has 0 amide bonds. The van der Waals surface area contributed by atoms with E-state index in [9.17, 15) is 0 Å². The second-order valence-electron chi connectivity index (χ2n) is 5.10. The molecule has 1 N–H and O–H groups in total. The predicted molar refractivity (Wildman–Crippen MR) is 76.2 cm³/mol. The summed E-state index contributed by atoms with van der Waals surface area (Å²) >= 11 is 0. The molecule has 1 atom stereocenters. The fraction of sp³-hybridized carbons (Fsp3) is 0.400. The first-order valence-corrected chi connectivity index (χ1v) is 6.59. The van der Waals surface area contributed by atoms with Crippen LogP contribution in [0.15, 0.2) is 30.3 Å². The van der Waals surface area contributed by atoms with Gasteiger partial charge in [0.25, 0.3) is 0 Å². The minimum atomic E-state index is 0.549. The van der Waals surface area contributed by atoms with Crippen LogP contribution in [0.3, 0.4) is 0 Å². The SMILES string of the molecule is Cc1ccc2c(N3CCNC(C)C3)cccc2n1. The molecule has 3 nitrogen and oxygen atoms in total. The van der Waals surface area contributed by atoms with Crippen molar-refractivity contribution < 1.29 is 0 Å². The zero-order chi connectivity index (χ0) is 12.5. The van der Waals surface area contributed by atoms with Gasteiger partial charge in [-0.1, -0.05) is 6.07 Å². The van der Waals surface area contributed by atoms with E-state index in [1.807, 2.05) is 6.92 Å². The molecule has 1 fully saturated rings. The number of rotatable bonds is 1. The summed E-state index contributed by atoms with van der Waals surface area (Å²) in [5.74, 6) is 0. The van der Waals surface area contributed by atoms with Gasteiger partial charge < -0.3 is 10.2 Å². The van der Waals surface area contributed by atoms with Crippen molar-refractivity contribution in [2.45, 2.75) is 19.9 Å². The third-order valence-corrected chi connectivity index (χ3v) is 3.56. The lowest BCUT2D eigenvalue weighted by atomic mass is 10.1. The van der Waals surface area contributed by atoms with Gasteiger partial charge in [-0.2, -0.15) is 0 Å². The molecule has 0 bridgehead atoms. The lowest BCUT2D eigenvalue weighted by molar-refractivity contribution is 0.485. The number of aromatic nitrogens is 1. The van der Waals surface area contributed by atoms with Crippen LogP contribution in [-0.4, -0.2) is 30.7 Å². The van der Waals surface area contributed by atoms with Crippen LogP contribution in [0.1, 0.15) is 12.6 Å². The van der Waals surface area contributed by atoms with Gasteiger partial charge in [0.05, 0.1) is 5.52 Å². The van der Waals surface area contributed by atoms with Crippen LogP contribution in [0.4, 0.5) is 5.69 Å². The van der Waals surface area contributed by atoms with E-state index in [1.54, 1.807) is 0 Å². The number of hydrogen-bond acceptors (Lipinski definition) is 3. The number of piperazine rings is 1. The van der Waals surface area contributed by atoms with Crippen LogP contribution in [0.2, 0.25) is 0 Å². The maximum absolute atomic E-state index is 4.61.